The van der Waals surface area contributed by atoms with E-state index in [1.54, 1.807) is 18.2 Å². The monoisotopic (exact) mass is 342 g/mol. The van der Waals surface area contributed by atoms with Crippen molar-refractivity contribution < 1.29 is 24.1 Å². The molecule has 0 bridgehead atoms. The van der Waals surface area contributed by atoms with E-state index in [4.69, 9.17) is 19.0 Å². The molecule has 1 unspecified atom stereocenters. The SMILES string of the molecule is O=c1ccc2cc(OCc3ccccc3)c(OCC(O)CO)cc2o1. The Morgan fingerprint density at radius 1 is 1.00 bits per heavy atom. The van der Waals surface area contributed by atoms with Crippen LogP contribution in [0.5, 0.6) is 11.5 Å². The Labute approximate surface area is 143 Å². The fourth-order valence-corrected chi connectivity index (χ4v) is 2.28. The highest BCUT2D eigenvalue weighted by Crippen LogP contribution is 2.33. The number of fused-ring (bicyclic) bond motifs is 1. The lowest BCUT2D eigenvalue weighted by Gasteiger charge is -2.15. The van der Waals surface area contributed by atoms with E-state index in [2.05, 4.69) is 0 Å². The lowest BCUT2D eigenvalue weighted by atomic mass is 10.2. The maximum atomic E-state index is 11.4. The molecule has 3 aromatic rings. The van der Waals surface area contributed by atoms with Crippen molar-refractivity contribution in [1.82, 2.24) is 0 Å². The summed E-state index contributed by atoms with van der Waals surface area (Å²) in [4.78, 5) is 11.4. The average molecular weight is 342 g/mol. The molecule has 0 amide bonds. The molecule has 6 heteroatoms. The Kier molecular flexibility index (Phi) is 5.33. The second-order valence-corrected chi connectivity index (χ2v) is 5.51. The van der Waals surface area contributed by atoms with Crippen LogP contribution in [0, 0.1) is 0 Å². The number of ether oxygens (including phenoxy) is 2. The van der Waals surface area contributed by atoms with Crippen molar-refractivity contribution in [2.24, 2.45) is 0 Å². The van der Waals surface area contributed by atoms with Gasteiger partial charge in [0.25, 0.3) is 0 Å². The molecule has 0 saturated heterocycles. The fourth-order valence-electron chi connectivity index (χ4n) is 2.28. The standard InChI is InChI=1S/C19H18O6/c20-10-15(21)12-24-18-9-16-14(6-7-19(22)25-16)8-17(18)23-11-13-4-2-1-3-5-13/h1-9,15,20-21H,10-12H2. The van der Waals surface area contributed by atoms with Gasteiger partial charge in [-0.3, -0.25) is 0 Å². The lowest BCUT2D eigenvalue weighted by molar-refractivity contribution is 0.0524. The van der Waals surface area contributed by atoms with Gasteiger partial charge in [0.05, 0.1) is 6.61 Å². The Morgan fingerprint density at radius 2 is 1.76 bits per heavy atom. The largest absolute Gasteiger partial charge is 0.487 e. The number of hydrogen-bond acceptors (Lipinski definition) is 6. The van der Waals surface area contributed by atoms with Crippen LogP contribution in [0.4, 0.5) is 0 Å². The predicted molar refractivity (Wildman–Crippen MR) is 91.8 cm³/mol. The molecule has 1 aromatic heterocycles. The summed E-state index contributed by atoms with van der Waals surface area (Å²) in [5.74, 6) is 0.778. The van der Waals surface area contributed by atoms with Crippen molar-refractivity contribution in [2.75, 3.05) is 13.2 Å². The molecule has 0 spiro atoms. The third-order valence-electron chi connectivity index (χ3n) is 3.56. The highest BCUT2D eigenvalue weighted by atomic mass is 16.5. The highest BCUT2D eigenvalue weighted by Gasteiger charge is 2.12. The summed E-state index contributed by atoms with van der Waals surface area (Å²) in [5.41, 5.74) is 0.878. The summed E-state index contributed by atoms with van der Waals surface area (Å²) in [7, 11) is 0. The molecular formula is C19H18O6. The molecule has 3 rings (SSSR count). The molecular weight excluding hydrogens is 324 g/mol. The van der Waals surface area contributed by atoms with Crippen LogP contribution in [0.15, 0.2) is 63.8 Å². The first kappa shape index (κ1) is 17.0. The number of aliphatic hydroxyl groups is 2. The van der Waals surface area contributed by atoms with E-state index in [0.29, 0.717) is 29.1 Å². The van der Waals surface area contributed by atoms with Crippen LogP contribution in [-0.4, -0.2) is 29.5 Å². The molecule has 1 atom stereocenters. The average Bonchev–Trinajstić information content (AvgIpc) is 2.64. The van der Waals surface area contributed by atoms with E-state index in [9.17, 15) is 9.90 Å². The summed E-state index contributed by atoms with van der Waals surface area (Å²) in [6.45, 7) is -0.189. The summed E-state index contributed by atoms with van der Waals surface area (Å²) >= 11 is 0. The van der Waals surface area contributed by atoms with Crippen LogP contribution >= 0.6 is 0 Å². The molecule has 0 radical (unpaired) electrons. The van der Waals surface area contributed by atoms with E-state index in [0.717, 1.165) is 5.56 Å². The molecule has 2 N–H and O–H groups in total. The van der Waals surface area contributed by atoms with Crippen LogP contribution in [-0.2, 0) is 6.61 Å². The van der Waals surface area contributed by atoms with Gasteiger partial charge in [0.2, 0.25) is 0 Å². The van der Waals surface area contributed by atoms with Crippen molar-refractivity contribution in [3.8, 4) is 11.5 Å². The first-order valence-corrected chi connectivity index (χ1v) is 7.82. The van der Waals surface area contributed by atoms with Crippen LogP contribution in [0.1, 0.15) is 5.56 Å². The quantitative estimate of drug-likeness (QED) is 0.639. The molecule has 0 aliphatic heterocycles. The number of rotatable bonds is 7. The minimum Gasteiger partial charge on any atom is -0.487 e. The van der Waals surface area contributed by atoms with Crippen LogP contribution < -0.4 is 15.1 Å². The third kappa shape index (κ3) is 4.37. The minimum atomic E-state index is -1.01. The third-order valence-corrected chi connectivity index (χ3v) is 3.56. The van der Waals surface area contributed by atoms with Crippen LogP contribution in [0.3, 0.4) is 0 Å². The van der Waals surface area contributed by atoms with Gasteiger partial charge in [0.1, 0.15) is 24.9 Å². The second-order valence-electron chi connectivity index (χ2n) is 5.51. The molecule has 25 heavy (non-hydrogen) atoms. The topological polar surface area (TPSA) is 89.1 Å². The molecule has 0 saturated carbocycles. The first-order chi connectivity index (χ1) is 12.2. The smallest absolute Gasteiger partial charge is 0.336 e. The maximum Gasteiger partial charge on any atom is 0.336 e. The summed E-state index contributed by atoms with van der Waals surface area (Å²) in [5, 5.41) is 19.1. The number of aliphatic hydroxyl groups excluding tert-OH is 2. The zero-order valence-corrected chi connectivity index (χ0v) is 13.4. The van der Waals surface area contributed by atoms with Gasteiger partial charge in [-0.25, -0.2) is 4.79 Å². The van der Waals surface area contributed by atoms with Crippen molar-refractivity contribution in [1.29, 1.82) is 0 Å². The van der Waals surface area contributed by atoms with Gasteiger partial charge in [-0.15, -0.1) is 0 Å². The van der Waals surface area contributed by atoms with Gasteiger partial charge < -0.3 is 24.1 Å². The predicted octanol–water partition coefficient (Wildman–Crippen LogP) is 2.10. The first-order valence-electron chi connectivity index (χ1n) is 7.82. The normalized spacial score (nSPS) is 12.1. The fraction of sp³-hybridized carbons (Fsp3) is 0.211. The van der Waals surface area contributed by atoms with Crippen LogP contribution in [0.25, 0.3) is 11.0 Å². The second kappa shape index (κ2) is 7.83. The van der Waals surface area contributed by atoms with E-state index in [1.165, 1.54) is 6.07 Å². The number of hydrogen-bond donors (Lipinski definition) is 2. The molecule has 0 aliphatic carbocycles. The molecule has 1 heterocycles. The molecule has 0 fully saturated rings. The van der Waals surface area contributed by atoms with Crippen molar-refractivity contribution in [2.45, 2.75) is 12.7 Å². The molecule has 6 nitrogen and oxygen atoms in total. The zero-order chi connectivity index (χ0) is 17.6. The van der Waals surface area contributed by atoms with Gasteiger partial charge in [-0.2, -0.15) is 0 Å². The Hall–Kier alpha value is -2.83. The highest BCUT2D eigenvalue weighted by molar-refractivity contribution is 5.80. The van der Waals surface area contributed by atoms with E-state index < -0.39 is 18.3 Å². The van der Waals surface area contributed by atoms with Gasteiger partial charge in [-0.1, -0.05) is 30.3 Å². The van der Waals surface area contributed by atoms with Crippen molar-refractivity contribution in [3.63, 3.8) is 0 Å². The summed E-state index contributed by atoms with van der Waals surface area (Å²) in [6.07, 6.45) is -1.01. The number of benzene rings is 2. The van der Waals surface area contributed by atoms with Gasteiger partial charge in [0.15, 0.2) is 11.5 Å². The molecule has 0 aliphatic rings. The zero-order valence-electron chi connectivity index (χ0n) is 13.4. The maximum absolute atomic E-state index is 11.4. The van der Waals surface area contributed by atoms with E-state index >= 15 is 0 Å². The summed E-state index contributed by atoms with van der Waals surface area (Å²) < 4.78 is 16.5. The van der Waals surface area contributed by atoms with Gasteiger partial charge in [-0.05, 0) is 17.7 Å². The Bertz CT molecular complexity index is 887. The lowest BCUT2D eigenvalue weighted by Crippen LogP contribution is -2.21. The molecule has 2 aromatic carbocycles. The summed E-state index contributed by atoms with van der Waals surface area (Å²) in [6, 6.07) is 15.9. The van der Waals surface area contributed by atoms with Crippen LogP contribution in [0.2, 0.25) is 0 Å². The van der Waals surface area contributed by atoms with E-state index in [1.807, 2.05) is 30.3 Å². The Morgan fingerprint density at radius 3 is 2.52 bits per heavy atom. The van der Waals surface area contributed by atoms with Gasteiger partial charge >= 0.3 is 5.63 Å². The van der Waals surface area contributed by atoms with Crippen molar-refractivity contribution in [3.05, 3.63) is 70.6 Å². The Balaban J connectivity index is 1.89. The minimum absolute atomic E-state index is 0.110. The van der Waals surface area contributed by atoms with Crippen molar-refractivity contribution >= 4 is 11.0 Å². The molecule has 130 valence electrons. The van der Waals surface area contributed by atoms with Gasteiger partial charge in [0, 0.05) is 17.5 Å². The van der Waals surface area contributed by atoms with E-state index in [-0.39, 0.29) is 6.61 Å².